The van der Waals surface area contributed by atoms with E-state index in [1.807, 2.05) is 0 Å². The van der Waals surface area contributed by atoms with E-state index in [0.29, 0.717) is 43.4 Å². The number of fused-ring (bicyclic) bond motifs is 1. The largest absolute Gasteiger partial charge is 0.478 e. The summed E-state index contributed by atoms with van der Waals surface area (Å²) in [6.45, 7) is 3.06. The summed E-state index contributed by atoms with van der Waals surface area (Å²) in [5.41, 5.74) is 0.235. The number of carbonyl (C=O) groups excluding carboxylic acids is 1. The van der Waals surface area contributed by atoms with Gasteiger partial charge < -0.3 is 19.7 Å². The van der Waals surface area contributed by atoms with Gasteiger partial charge in [0.05, 0.1) is 23.1 Å². The molecule has 1 aliphatic rings. The summed E-state index contributed by atoms with van der Waals surface area (Å²) in [7, 11) is 0. The molecule has 1 fully saturated rings. The molecule has 1 aromatic heterocycles. The molecule has 2 aromatic rings. The van der Waals surface area contributed by atoms with Crippen LogP contribution in [0.4, 0.5) is 4.79 Å². The molecule has 1 saturated heterocycles. The van der Waals surface area contributed by atoms with Crippen LogP contribution in [0.5, 0.6) is 0 Å². The number of carbonyl (C=O) groups is 2. The second-order valence-electron chi connectivity index (χ2n) is 6.09. The van der Waals surface area contributed by atoms with Crippen molar-refractivity contribution in [1.82, 2.24) is 14.5 Å². The lowest BCUT2D eigenvalue weighted by molar-refractivity contribution is 0.0696. The maximum Gasteiger partial charge on any atom is 0.409 e. The minimum absolute atomic E-state index is 0.0862. The fraction of sp³-hybridized carbons (Fsp3) is 0.412. The van der Waals surface area contributed by atoms with Crippen LogP contribution in [-0.4, -0.2) is 51.3 Å². The van der Waals surface area contributed by atoms with Gasteiger partial charge in [-0.15, -0.1) is 0 Å². The molecule has 138 valence electrons. The minimum atomic E-state index is -1.07. The minimum Gasteiger partial charge on any atom is -0.478 e. The van der Waals surface area contributed by atoms with E-state index in [1.165, 1.54) is 22.8 Å². The Morgan fingerprint density at radius 3 is 2.65 bits per heavy atom. The number of aromatic amines is 1. The molecule has 2 heterocycles. The smallest absolute Gasteiger partial charge is 0.409 e. The summed E-state index contributed by atoms with van der Waals surface area (Å²) in [5.74, 6) is -1.07. The zero-order valence-electron chi connectivity index (χ0n) is 14.2. The molecule has 0 aliphatic carbocycles. The summed E-state index contributed by atoms with van der Waals surface area (Å²) in [6.07, 6.45) is 0.840. The van der Waals surface area contributed by atoms with Gasteiger partial charge in [-0.25, -0.2) is 9.59 Å². The van der Waals surface area contributed by atoms with Crippen LogP contribution in [-0.2, 0) is 4.74 Å². The van der Waals surface area contributed by atoms with Gasteiger partial charge in [-0.3, -0.25) is 9.36 Å². The molecule has 0 spiro atoms. The molecule has 2 N–H and O–H groups in total. The lowest BCUT2D eigenvalue weighted by Gasteiger charge is -2.32. The van der Waals surface area contributed by atoms with Crippen molar-refractivity contribution in [3.63, 3.8) is 0 Å². The van der Waals surface area contributed by atoms with E-state index in [4.69, 9.17) is 22.1 Å². The van der Waals surface area contributed by atoms with Crippen LogP contribution < -0.4 is 5.56 Å². The molecule has 1 aliphatic heterocycles. The normalized spacial score (nSPS) is 15.2. The van der Waals surface area contributed by atoms with Crippen LogP contribution in [0.3, 0.4) is 0 Å². The molecular weight excluding hydrogens is 358 g/mol. The van der Waals surface area contributed by atoms with Gasteiger partial charge in [0.1, 0.15) is 0 Å². The Morgan fingerprint density at radius 1 is 1.35 bits per heavy atom. The number of carboxylic acids is 1. The second kappa shape index (κ2) is 7.28. The second-order valence-corrected chi connectivity index (χ2v) is 6.47. The third-order valence-electron chi connectivity index (χ3n) is 4.53. The van der Waals surface area contributed by atoms with E-state index in [0.717, 1.165) is 0 Å². The fourth-order valence-electron chi connectivity index (χ4n) is 3.22. The Balaban J connectivity index is 1.91. The van der Waals surface area contributed by atoms with E-state index >= 15 is 0 Å². The van der Waals surface area contributed by atoms with E-state index in [2.05, 4.69) is 4.98 Å². The van der Waals surface area contributed by atoms with Crippen LogP contribution in [0.2, 0.25) is 0 Å². The van der Waals surface area contributed by atoms with Crippen LogP contribution >= 0.6 is 12.2 Å². The summed E-state index contributed by atoms with van der Waals surface area (Å²) in [6, 6.07) is 4.18. The van der Waals surface area contributed by atoms with Crippen molar-refractivity contribution in [2.45, 2.75) is 25.8 Å². The molecule has 1 aromatic carbocycles. The van der Waals surface area contributed by atoms with Crippen LogP contribution in [0.25, 0.3) is 10.9 Å². The topological polar surface area (TPSA) is 105 Å². The molecular formula is C17H19N3O5S. The van der Waals surface area contributed by atoms with Gasteiger partial charge in [-0.1, -0.05) is 0 Å². The van der Waals surface area contributed by atoms with Gasteiger partial charge in [0.25, 0.3) is 5.56 Å². The molecule has 8 nitrogen and oxygen atoms in total. The molecule has 1 amide bonds. The van der Waals surface area contributed by atoms with Crippen molar-refractivity contribution in [3.8, 4) is 0 Å². The van der Waals surface area contributed by atoms with Gasteiger partial charge in [-0.05, 0) is 50.2 Å². The van der Waals surface area contributed by atoms with Gasteiger partial charge in [-0.2, -0.15) is 0 Å². The summed E-state index contributed by atoms with van der Waals surface area (Å²) in [5, 5.41) is 9.47. The Labute approximate surface area is 154 Å². The van der Waals surface area contributed by atoms with Crippen LogP contribution in [0.15, 0.2) is 23.0 Å². The Morgan fingerprint density at radius 2 is 2.04 bits per heavy atom. The number of ether oxygens (including phenoxy) is 1. The number of likely N-dealkylation sites (tertiary alicyclic amines) is 1. The SMILES string of the molecule is CCOC(=O)N1CCC(n2c(=S)[nH]c3cc(C(=O)O)ccc3c2=O)CC1. The standard InChI is InChI=1S/C17H19N3O5S/c1-2-25-17(24)19-7-5-11(6-8-19)20-14(21)12-4-3-10(15(22)23)9-13(12)18-16(20)26/h3-4,9,11H,2,5-8H2,1H3,(H,18,26)(H,22,23). The Bertz CT molecular complexity index is 973. The van der Waals surface area contributed by atoms with Crippen molar-refractivity contribution < 1.29 is 19.4 Å². The molecule has 0 bridgehead atoms. The number of H-pyrrole nitrogens is 1. The number of carboxylic acid groups (broad SMARTS) is 1. The summed E-state index contributed by atoms with van der Waals surface area (Å²) < 4.78 is 6.78. The van der Waals surface area contributed by atoms with Crippen molar-refractivity contribution in [1.29, 1.82) is 0 Å². The van der Waals surface area contributed by atoms with E-state index in [-0.39, 0.29) is 28.0 Å². The molecule has 9 heteroatoms. The molecule has 26 heavy (non-hydrogen) atoms. The number of nitrogens with one attached hydrogen (secondary N) is 1. The van der Waals surface area contributed by atoms with Crippen LogP contribution in [0, 0.1) is 4.77 Å². The van der Waals surface area contributed by atoms with E-state index in [9.17, 15) is 14.4 Å². The lowest BCUT2D eigenvalue weighted by atomic mass is 10.0. The molecule has 3 rings (SSSR count). The predicted octanol–water partition coefficient (Wildman–Crippen LogP) is 2.55. The zero-order valence-corrected chi connectivity index (χ0v) is 15.0. The van der Waals surface area contributed by atoms with Crippen molar-refractivity contribution >= 4 is 35.2 Å². The average molecular weight is 377 g/mol. The summed E-state index contributed by atoms with van der Waals surface area (Å²) in [4.78, 5) is 40.3. The van der Waals surface area contributed by atoms with Gasteiger partial charge >= 0.3 is 12.1 Å². The third kappa shape index (κ3) is 3.34. The quantitative estimate of drug-likeness (QED) is 0.797. The first-order valence-electron chi connectivity index (χ1n) is 8.36. The van der Waals surface area contributed by atoms with Gasteiger partial charge in [0.2, 0.25) is 0 Å². The van der Waals surface area contributed by atoms with Crippen molar-refractivity contribution in [2.75, 3.05) is 19.7 Å². The Hall–Kier alpha value is -2.68. The number of aromatic nitrogens is 2. The number of rotatable bonds is 3. The summed E-state index contributed by atoms with van der Waals surface area (Å²) >= 11 is 5.33. The maximum atomic E-state index is 12.9. The first-order valence-corrected chi connectivity index (χ1v) is 8.76. The van der Waals surface area contributed by atoms with Crippen molar-refractivity contribution in [3.05, 3.63) is 38.9 Å². The maximum absolute atomic E-state index is 12.9. The van der Waals surface area contributed by atoms with Crippen LogP contribution in [0.1, 0.15) is 36.2 Å². The highest BCUT2D eigenvalue weighted by Crippen LogP contribution is 2.23. The first kappa shape index (κ1) is 18.1. The van der Waals surface area contributed by atoms with Crippen molar-refractivity contribution in [2.24, 2.45) is 0 Å². The number of piperidine rings is 1. The van der Waals surface area contributed by atoms with E-state index < -0.39 is 5.97 Å². The Kier molecular flexibility index (Phi) is 5.08. The number of nitrogens with zero attached hydrogens (tertiary/aromatic N) is 2. The first-order chi connectivity index (χ1) is 12.4. The molecule has 0 unspecified atom stereocenters. The number of amides is 1. The number of aromatic carboxylic acids is 1. The monoisotopic (exact) mass is 377 g/mol. The average Bonchev–Trinajstić information content (AvgIpc) is 2.62. The molecule has 0 saturated carbocycles. The fourth-order valence-corrected chi connectivity index (χ4v) is 3.56. The number of benzene rings is 1. The number of hydrogen-bond donors (Lipinski definition) is 2. The predicted molar refractivity (Wildman–Crippen MR) is 97.2 cm³/mol. The van der Waals surface area contributed by atoms with E-state index in [1.54, 1.807) is 11.8 Å². The highest BCUT2D eigenvalue weighted by atomic mass is 32.1. The lowest BCUT2D eigenvalue weighted by Crippen LogP contribution is -2.41. The highest BCUT2D eigenvalue weighted by molar-refractivity contribution is 7.71. The molecule has 0 radical (unpaired) electrons. The van der Waals surface area contributed by atoms with Gasteiger partial charge in [0.15, 0.2) is 4.77 Å². The van der Waals surface area contributed by atoms with Gasteiger partial charge in [0, 0.05) is 19.1 Å². The third-order valence-corrected chi connectivity index (χ3v) is 4.83. The molecule has 0 atom stereocenters. The number of hydrogen-bond acceptors (Lipinski definition) is 5. The highest BCUT2D eigenvalue weighted by Gasteiger charge is 2.26. The zero-order chi connectivity index (χ0) is 18.8.